The summed E-state index contributed by atoms with van der Waals surface area (Å²) in [7, 11) is -2.04. The molecule has 1 fully saturated rings. The second-order valence-electron chi connectivity index (χ2n) is 10.5. The summed E-state index contributed by atoms with van der Waals surface area (Å²) in [6.07, 6.45) is 2.15. The van der Waals surface area contributed by atoms with E-state index in [4.69, 9.17) is 23.1 Å². The summed E-state index contributed by atoms with van der Waals surface area (Å²) in [5.74, 6) is 0.990. The minimum atomic E-state index is -3.63. The number of anilines is 1. The monoisotopic (exact) mass is 593 g/mol. The number of nitrogens with zero attached hydrogens (tertiary/aromatic N) is 3. The second kappa shape index (κ2) is 12.8. The summed E-state index contributed by atoms with van der Waals surface area (Å²) in [5, 5.41) is 9.52. The SMILES string of the molecule is CN(C(=O)OC(C)(C)C)c1ccc(-c2cc3ccc(OC[C@@H](COS(C)(=O)=O)O[C@@H]4CCCCO4)cc3s2)nn1. The smallest absolute Gasteiger partial charge is 0.415 e. The number of hydrogen-bond donors (Lipinski definition) is 0. The van der Waals surface area contributed by atoms with E-state index in [0.29, 0.717) is 23.9 Å². The number of aromatic nitrogens is 2. The van der Waals surface area contributed by atoms with Crippen molar-refractivity contribution >= 4 is 43.5 Å². The first-order valence-electron chi connectivity index (χ1n) is 12.9. The molecule has 0 bridgehead atoms. The second-order valence-corrected chi connectivity index (χ2v) is 13.2. The van der Waals surface area contributed by atoms with Crippen LogP contribution in [0, 0.1) is 0 Å². The Bertz CT molecular complexity index is 1400. The molecule has 1 amide bonds. The summed E-state index contributed by atoms with van der Waals surface area (Å²) < 4.78 is 51.9. The van der Waals surface area contributed by atoms with Gasteiger partial charge in [0.15, 0.2) is 12.1 Å². The number of ether oxygens (including phenoxy) is 4. The third-order valence-corrected chi connectivity index (χ3v) is 7.48. The number of benzene rings is 1. The largest absolute Gasteiger partial charge is 0.491 e. The van der Waals surface area contributed by atoms with Crippen LogP contribution in [0.5, 0.6) is 5.75 Å². The van der Waals surface area contributed by atoms with Crippen LogP contribution in [-0.2, 0) is 28.5 Å². The minimum absolute atomic E-state index is 0.0945. The number of carbonyl (C=O) groups excluding carboxylic acids is 1. The maximum Gasteiger partial charge on any atom is 0.415 e. The van der Waals surface area contributed by atoms with Gasteiger partial charge in [-0.3, -0.25) is 9.08 Å². The highest BCUT2D eigenvalue weighted by Gasteiger charge is 2.23. The first-order chi connectivity index (χ1) is 18.9. The molecule has 3 heterocycles. The lowest BCUT2D eigenvalue weighted by Gasteiger charge is -2.27. The zero-order chi connectivity index (χ0) is 28.9. The van der Waals surface area contributed by atoms with E-state index in [1.54, 1.807) is 33.9 Å². The summed E-state index contributed by atoms with van der Waals surface area (Å²) in [6, 6.07) is 11.2. The lowest BCUT2D eigenvalue weighted by Crippen LogP contribution is -2.35. The van der Waals surface area contributed by atoms with Gasteiger partial charge in [-0.2, -0.15) is 8.42 Å². The normalized spacial score (nSPS) is 17.0. The zero-order valence-corrected chi connectivity index (χ0v) is 24.9. The predicted octanol–water partition coefficient (Wildman–Crippen LogP) is 5.00. The van der Waals surface area contributed by atoms with Gasteiger partial charge in [0.25, 0.3) is 10.1 Å². The number of fused-ring (bicyclic) bond motifs is 1. The first-order valence-corrected chi connectivity index (χ1v) is 15.6. The maximum atomic E-state index is 12.3. The van der Waals surface area contributed by atoms with Crippen molar-refractivity contribution in [3.8, 4) is 16.3 Å². The molecule has 4 rings (SSSR count). The Balaban J connectivity index is 1.42. The Labute approximate surface area is 238 Å². The van der Waals surface area contributed by atoms with E-state index in [-0.39, 0.29) is 13.2 Å². The van der Waals surface area contributed by atoms with Crippen LogP contribution in [0.3, 0.4) is 0 Å². The van der Waals surface area contributed by atoms with Crippen LogP contribution in [0.4, 0.5) is 10.6 Å². The topological polar surface area (TPSA) is 126 Å². The first kappa shape index (κ1) is 30.1. The van der Waals surface area contributed by atoms with Crippen LogP contribution in [0.2, 0.25) is 0 Å². The van der Waals surface area contributed by atoms with Crippen LogP contribution in [-0.4, -0.2) is 75.8 Å². The highest BCUT2D eigenvalue weighted by Crippen LogP contribution is 2.35. The minimum Gasteiger partial charge on any atom is -0.491 e. The van der Waals surface area contributed by atoms with Crippen molar-refractivity contribution in [2.75, 3.05) is 38.0 Å². The molecule has 0 aliphatic carbocycles. The van der Waals surface area contributed by atoms with Crippen LogP contribution in [0.15, 0.2) is 36.4 Å². The molecular weight excluding hydrogens is 558 g/mol. The van der Waals surface area contributed by atoms with Gasteiger partial charge >= 0.3 is 6.09 Å². The standard InChI is InChI=1S/C27H35N3O8S2/c1-27(2,3)38-26(31)30(4)24-12-11-21(28-29-24)23-14-18-9-10-19(15-22(18)39-23)35-16-20(17-36-40(5,32)33)37-25-8-6-7-13-34-25/h9-12,14-15,20,25H,6-8,13,16-17H2,1-5H3/t20-,25+/m0/s1. The number of amides is 1. The molecule has 40 heavy (non-hydrogen) atoms. The van der Waals surface area contributed by atoms with Gasteiger partial charge in [0.05, 0.1) is 17.7 Å². The Kier molecular flexibility index (Phi) is 9.62. The van der Waals surface area contributed by atoms with E-state index in [9.17, 15) is 13.2 Å². The van der Waals surface area contributed by atoms with Crippen LogP contribution < -0.4 is 9.64 Å². The van der Waals surface area contributed by atoms with Gasteiger partial charge in [0.2, 0.25) is 0 Å². The molecule has 3 aromatic rings. The van der Waals surface area contributed by atoms with Crippen molar-refractivity contribution in [2.45, 2.75) is 58.0 Å². The van der Waals surface area contributed by atoms with Crippen molar-refractivity contribution < 1.29 is 36.3 Å². The number of thiophene rings is 1. The average molecular weight is 594 g/mol. The molecule has 1 aliphatic rings. The van der Waals surface area contributed by atoms with E-state index in [1.807, 2.05) is 30.3 Å². The third kappa shape index (κ3) is 8.83. The van der Waals surface area contributed by atoms with Crippen molar-refractivity contribution in [1.29, 1.82) is 0 Å². The predicted molar refractivity (Wildman–Crippen MR) is 152 cm³/mol. The van der Waals surface area contributed by atoms with Gasteiger partial charge < -0.3 is 18.9 Å². The quantitative estimate of drug-likeness (QED) is 0.297. The van der Waals surface area contributed by atoms with E-state index in [0.717, 1.165) is 40.5 Å². The zero-order valence-electron chi connectivity index (χ0n) is 23.3. The van der Waals surface area contributed by atoms with Crippen LogP contribution in [0.1, 0.15) is 40.0 Å². The van der Waals surface area contributed by atoms with E-state index >= 15 is 0 Å². The van der Waals surface area contributed by atoms with Crippen LogP contribution in [0.25, 0.3) is 20.7 Å². The molecule has 0 saturated carbocycles. The average Bonchev–Trinajstić information content (AvgIpc) is 3.32. The lowest BCUT2D eigenvalue weighted by molar-refractivity contribution is -0.198. The highest BCUT2D eigenvalue weighted by molar-refractivity contribution is 7.85. The third-order valence-electron chi connectivity index (χ3n) is 5.79. The van der Waals surface area contributed by atoms with Gasteiger partial charge in [0, 0.05) is 18.4 Å². The van der Waals surface area contributed by atoms with Gasteiger partial charge in [-0.15, -0.1) is 21.5 Å². The summed E-state index contributed by atoms with van der Waals surface area (Å²) in [4.78, 5) is 14.5. The molecule has 2 aromatic heterocycles. The molecule has 1 aromatic carbocycles. The van der Waals surface area contributed by atoms with Gasteiger partial charge in [-0.1, -0.05) is 0 Å². The number of carbonyl (C=O) groups is 1. The molecule has 0 spiro atoms. The van der Waals surface area contributed by atoms with E-state index in [2.05, 4.69) is 10.2 Å². The Hall–Kier alpha value is -2.84. The Morgan fingerprint density at radius 3 is 2.60 bits per heavy atom. The van der Waals surface area contributed by atoms with Crippen molar-refractivity contribution in [3.63, 3.8) is 0 Å². The fourth-order valence-corrected chi connectivity index (χ4v) is 5.29. The fraction of sp³-hybridized carbons (Fsp3) is 0.519. The maximum absolute atomic E-state index is 12.3. The fourth-order valence-electron chi connectivity index (χ4n) is 3.84. The molecule has 0 N–H and O–H groups in total. The van der Waals surface area contributed by atoms with Gasteiger partial charge in [0.1, 0.15) is 29.8 Å². The molecular formula is C27H35N3O8S2. The Morgan fingerprint density at radius 2 is 1.95 bits per heavy atom. The lowest BCUT2D eigenvalue weighted by atomic mass is 10.2. The summed E-state index contributed by atoms with van der Waals surface area (Å²) >= 11 is 1.53. The molecule has 1 aliphatic heterocycles. The number of hydrogen-bond acceptors (Lipinski definition) is 11. The van der Waals surface area contributed by atoms with E-state index < -0.39 is 34.2 Å². The number of rotatable bonds is 10. The molecule has 218 valence electrons. The molecule has 0 radical (unpaired) electrons. The molecule has 2 atom stereocenters. The van der Waals surface area contributed by atoms with Gasteiger partial charge in [-0.05, 0) is 81.8 Å². The van der Waals surface area contributed by atoms with Gasteiger partial charge in [-0.25, -0.2) is 4.79 Å². The van der Waals surface area contributed by atoms with Crippen molar-refractivity contribution in [2.24, 2.45) is 0 Å². The summed E-state index contributed by atoms with van der Waals surface area (Å²) in [6.45, 7) is 5.95. The highest BCUT2D eigenvalue weighted by atomic mass is 32.2. The Morgan fingerprint density at radius 1 is 1.15 bits per heavy atom. The van der Waals surface area contributed by atoms with Crippen molar-refractivity contribution in [1.82, 2.24) is 10.2 Å². The molecule has 0 unspecified atom stereocenters. The molecule has 11 nitrogen and oxygen atoms in total. The van der Waals surface area contributed by atoms with Crippen molar-refractivity contribution in [3.05, 3.63) is 36.4 Å². The summed E-state index contributed by atoms with van der Waals surface area (Å²) in [5.41, 5.74) is 0.0592. The van der Waals surface area contributed by atoms with Crippen LogP contribution >= 0.6 is 11.3 Å². The molecule has 13 heteroatoms. The molecule has 1 saturated heterocycles. The van der Waals surface area contributed by atoms with E-state index in [1.165, 1.54) is 16.2 Å².